The van der Waals surface area contributed by atoms with Crippen LogP contribution in [0.15, 0.2) is 48.5 Å². The van der Waals surface area contributed by atoms with Gasteiger partial charge in [-0.05, 0) is 35.9 Å². The highest BCUT2D eigenvalue weighted by Gasteiger charge is 2.29. The van der Waals surface area contributed by atoms with Gasteiger partial charge in [0.2, 0.25) is 0 Å². The first-order chi connectivity index (χ1) is 11.8. The van der Waals surface area contributed by atoms with Gasteiger partial charge in [-0.25, -0.2) is 4.79 Å². The molecule has 0 bridgehead atoms. The van der Waals surface area contributed by atoms with E-state index in [1.165, 1.54) is 24.3 Å². The Balaban J connectivity index is 1.80. The third-order valence-corrected chi connectivity index (χ3v) is 3.40. The van der Waals surface area contributed by atoms with Crippen LogP contribution in [-0.2, 0) is 22.3 Å². The molecule has 8 heteroatoms. The Hall–Kier alpha value is -2.54. The van der Waals surface area contributed by atoms with Gasteiger partial charge >= 0.3 is 12.1 Å². The fourth-order valence-electron chi connectivity index (χ4n) is 1.89. The summed E-state index contributed by atoms with van der Waals surface area (Å²) in [6.45, 7) is -0.488. The fraction of sp³-hybridized carbons (Fsp3) is 0.176. The quantitative estimate of drug-likeness (QED) is 0.813. The van der Waals surface area contributed by atoms with E-state index in [9.17, 15) is 22.8 Å². The summed E-state index contributed by atoms with van der Waals surface area (Å²) in [5, 5.41) is 2.81. The van der Waals surface area contributed by atoms with Crippen LogP contribution >= 0.6 is 11.6 Å². The van der Waals surface area contributed by atoms with E-state index >= 15 is 0 Å². The van der Waals surface area contributed by atoms with Crippen LogP contribution in [0.25, 0.3) is 0 Å². The number of nitrogens with one attached hydrogen (secondary N) is 1. The summed E-state index contributed by atoms with van der Waals surface area (Å²) >= 11 is 5.75. The molecule has 132 valence electrons. The first-order valence-electron chi connectivity index (χ1n) is 7.11. The smallest absolute Gasteiger partial charge is 0.416 e. The predicted molar refractivity (Wildman–Crippen MR) is 85.0 cm³/mol. The second-order valence-corrected chi connectivity index (χ2v) is 5.49. The van der Waals surface area contributed by atoms with Crippen molar-refractivity contribution in [3.8, 4) is 0 Å². The predicted octanol–water partition coefficient (Wildman–Crippen LogP) is 3.83. The van der Waals surface area contributed by atoms with Gasteiger partial charge in [-0.2, -0.15) is 13.2 Å². The molecule has 0 aliphatic heterocycles. The maximum atomic E-state index is 12.4. The van der Waals surface area contributed by atoms with E-state index in [2.05, 4.69) is 5.32 Å². The largest absolute Gasteiger partial charge is 0.452 e. The zero-order valence-electron chi connectivity index (χ0n) is 12.8. The number of alkyl halides is 3. The Labute approximate surface area is 146 Å². The van der Waals surface area contributed by atoms with Crippen LogP contribution in [0.5, 0.6) is 0 Å². The number of amides is 1. The van der Waals surface area contributed by atoms with Crippen molar-refractivity contribution < 1.29 is 27.5 Å². The number of rotatable bonds is 5. The van der Waals surface area contributed by atoms with E-state index in [-0.39, 0.29) is 12.1 Å². The third kappa shape index (κ3) is 5.79. The van der Waals surface area contributed by atoms with Crippen molar-refractivity contribution in [3.63, 3.8) is 0 Å². The molecule has 1 amide bonds. The molecule has 2 aromatic carbocycles. The van der Waals surface area contributed by atoms with Gasteiger partial charge in [0.25, 0.3) is 5.91 Å². The minimum atomic E-state index is -4.41. The molecule has 1 N–H and O–H groups in total. The molecule has 0 aliphatic rings. The Morgan fingerprint density at radius 2 is 1.76 bits per heavy atom. The van der Waals surface area contributed by atoms with Crippen molar-refractivity contribution >= 4 is 23.5 Å². The molecule has 0 fully saturated rings. The van der Waals surface area contributed by atoms with Crippen LogP contribution in [0.4, 0.5) is 13.2 Å². The summed E-state index contributed by atoms with van der Waals surface area (Å²) in [7, 11) is 0. The maximum Gasteiger partial charge on any atom is 0.416 e. The van der Waals surface area contributed by atoms with Crippen LogP contribution in [0.3, 0.4) is 0 Å². The number of ether oxygens (including phenoxy) is 1. The molecule has 0 saturated heterocycles. The van der Waals surface area contributed by atoms with Crippen LogP contribution in [-0.4, -0.2) is 18.5 Å². The Morgan fingerprint density at radius 3 is 2.36 bits per heavy atom. The van der Waals surface area contributed by atoms with E-state index in [1.807, 2.05) is 0 Å². The zero-order valence-corrected chi connectivity index (χ0v) is 13.5. The van der Waals surface area contributed by atoms with Crippen LogP contribution < -0.4 is 5.32 Å². The average molecular weight is 372 g/mol. The molecule has 0 radical (unpaired) electrons. The Kier molecular flexibility index (Phi) is 6.03. The molecule has 25 heavy (non-hydrogen) atoms. The van der Waals surface area contributed by atoms with E-state index in [0.717, 1.165) is 12.1 Å². The van der Waals surface area contributed by atoms with Gasteiger partial charge in [-0.1, -0.05) is 29.8 Å². The highest BCUT2D eigenvalue weighted by Crippen LogP contribution is 2.29. The van der Waals surface area contributed by atoms with Gasteiger partial charge in [0.1, 0.15) is 0 Å². The minimum absolute atomic E-state index is 0.0195. The first kappa shape index (κ1) is 18.8. The highest BCUT2D eigenvalue weighted by molar-refractivity contribution is 6.30. The molecule has 0 atom stereocenters. The number of carbonyl (C=O) groups is 2. The number of hydrogen-bond acceptors (Lipinski definition) is 3. The lowest BCUT2D eigenvalue weighted by Gasteiger charge is -2.09. The lowest BCUT2D eigenvalue weighted by Crippen LogP contribution is -2.28. The van der Waals surface area contributed by atoms with Gasteiger partial charge in [0.05, 0.1) is 11.1 Å². The van der Waals surface area contributed by atoms with Crippen LogP contribution in [0, 0.1) is 0 Å². The monoisotopic (exact) mass is 371 g/mol. The minimum Gasteiger partial charge on any atom is -0.452 e. The molecule has 4 nitrogen and oxygen atoms in total. The van der Waals surface area contributed by atoms with Crippen molar-refractivity contribution in [3.05, 3.63) is 70.2 Å². The van der Waals surface area contributed by atoms with E-state index in [4.69, 9.17) is 16.3 Å². The summed E-state index contributed by atoms with van der Waals surface area (Å²) in [6, 6.07) is 10.5. The summed E-state index contributed by atoms with van der Waals surface area (Å²) in [6.07, 6.45) is -4.41. The summed E-state index contributed by atoms with van der Waals surface area (Å²) < 4.78 is 42.2. The molecule has 0 saturated carbocycles. The van der Waals surface area contributed by atoms with E-state index in [1.54, 1.807) is 12.1 Å². The zero-order chi connectivity index (χ0) is 18.4. The summed E-state index contributed by atoms with van der Waals surface area (Å²) in [5.41, 5.74) is -0.0661. The number of halogens is 4. The third-order valence-electron chi connectivity index (χ3n) is 3.17. The molecule has 0 spiro atoms. The molecule has 0 aliphatic carbocycles. The number of hydrogen-bond donors (Lipinski definition) is 1. The maximum absolute atomic E-state index is 12.4. The fourth-order valence-corrected chi connectivity index (χ4v) is 2.08. The molecule has 2 aromatic rings. The lowest BCUT2D eigenvalue weighted by molar-refractivity contribution is -0.137. The van der Waals surface area contributed by atoms with Gasteiger partial charge < -0.3 is 10.1 Å². The SMILES string of the molecule is O=C(COC(=O)c1cccc(Cl)c1)NCc1ccc(C(F)(F)F)cc1. The van der Waals surface area contributed by atoms with Crippen molar-refractivity contribution in [1.82, 2.24) is 5.32 Å². The topological polar surface area (TPSA) is 55.4 Å². The molecule has 0 aromatic heterocycles. The number of benzene rings is 2. The Morgan fingerprint density at radius 1 is 1.08 bits per heavy atom. The van der Waals surface area contributed by atoms with Crippen LogP contribution in [0.1, 0.15) is 21.5 Å². The highest BCUT2D eigenvalue weighted by atomic mass is 35.5. The standard InChI is InChI=1S/C17H13ClF3NO3/c18-14-3-1-2-12(8-14)16(24)25-10-15(23)22-9-11-4-6-13(7-5-11)17(19,20)21/h1-8H,9-10H2,(H,22,23). The average Bonchev–Trinajstić information content (AvgIpc) is 2.57. The number of carbonyl (C=O) groups excluding carboxylic acids is 2. The molecular formula is C17H13ClF3NO3. The van der Waals surface area contributed by atoms with Gasteiger partial charge in [0, 0.05) is 11.6 Å². The van der Waals surface area contributed by atoms with Gasteiger partial charge in [-0.15, -0.1) is 0 Å². The van der Waals surface area contributed by atoms with Crippen molar-refractivity contribution in [2.24, 2.45) is 0 Å². The molecular weight excluding hydrogens is 359 g/mol. The Bertz CT molecular complexity index is 760. The molecule has 2 rings (SSSR count). The van der Waals surface area contributed by atoms with Crippen molar-refractivity contribution in [2.45, 2.75) is 12.7 Å². The normalized spacial score (nSPS) is 11.0. The van der Waals surface area contributed by atoms with Gasteiger partial charge in [0.15, 0.2) is 6.61 Å². The van der Waals surface area contributed by atoms with Crippen LogP contribution in [0.2, 0.25) is 5.02 Å². The first-order valence-corrected chi connectivity index (χ1v) is 7.49. The van der Waals surface area contributed by atoms with Crippen molar-refractivity contribution in [1.29, 1.82) is 0 Å². The second kappa shape index (κ2) is 8.02. The second-order valence-electron chi connectivity index (χ2n) is 5.06. The molecule has 0 heterocycles. The van der Waals surface area contributed by atoms with E-state index < -0.39 is 30.2 Å². The summed E-state index contributed by atoms with van der Waals surface area (Å²) in [5.74, 6) is -1.28. The summed E-state index contributed by atoms with van der Waals surface area (Å²) in [4.78, 5) is 23.4. The van der Waals surface area contributed by atoms with E-state index in [0.29, 0.717) is 10.6 Å². The van der Waals surface area contributed by atoms with Crippen molar-refractivity contribution in [2.75, 3.05) is 6.61 Å². The van der Waals surface area contributed by atoms with Gasteiger partial charge in [-0.3, -0.25) is 4.79 Å². The molecule has 0 unspecified atom stereocenters. The lowest BCUT2D eigenvalue weighted by atomic mass is 10.1. The number of esters is 1.